The van der Waals surface area contributed by atoms with E-state index in [1.54, 1.807) is 12.2 Å². The number of alkyl halides is 3. The van der Waals surface area contributed by atoms with Gasteiger partial charge in [-0.15, -0.1) is 0 Å². The van der Waals surface area contributed by atoms with Crippen LogP contribution in [0.1, 0.15) is 39.2 Å². The summed E-state index contributed by atoms with van der Waals surface area (Å²) < 4.78 is 54.8. The van der Waals surface area contributed by atoms with Crippen molar-refractivity contribution in [2.75, 3.05) is 5.32 Å². The monoisotopic (exact) mass is 441 g/mol. The minimum absolute atomic E-state index is 0.0941. The molecule has 31 heavy (non-hydrogen) atoms. The summed E-state index contributed by atoms with van der Waals surface area (Å²) in [7, 11) is 0. The predicted molar refractivity (Wildman–Crippen MR) is 110 cm³/mol. The molecule has 4 nitrogen and oxygen atoms in total. The van der Waals surface area contributed by atoms with E-state index < -0.39 is 47.5 Å². The van der Waals surface area contributed by atoms with Gasteiger partial charge in [-0.1, -0.05) is 50.6 Å². The summed E-state index contributed by atoms with van der Waals surface area (Å²) in [5.74, 6) is -7.54. The SMILES string of the molecule is CCC1=CCC([C@@H](C(=O)Nc2cc(C[C@@H](C)C(=O)O)ccc2F)[C@@H](C)C(F)(F)F)C=C1. The first kappa shape index (κ1) is 24.6. The lowest BCUT2D eigenvalue weighted by Crippen LogP contribution is -2.40. The molecule has 1 unspecified atom stereocenters. The smallest absolute Gasteiger partial charge is 0.392 e. The van der Waals surface area contributed by atoms with Crippen LogP contribution in [0, 0.1) is 29.5 Å². The Kier molecular flexibility index (Phi) is 8.03. The number of aliphatic carboxylic acids is 1. The van der Waals surface area contributed by atoms with E-state index in [0.717, 1.165) is 25.0 Å². The van der Waals surface area contributed by atoms with Crippen molar-refractivity contribution in [3.05, 3.63) is 53.4 Å². The summed E-state index contributed by atoms with van der Waals surface area (Å²) >= 11 is 0. The van der Waals surface area contributed by atoms with Crippen molar-refractivity contribution < 1.29 is 32.3 Å². The topological polar surface area (TPSA) is 66.4 Å². The number of carbonyl (C=O) groups is 2. The number of hydrogen-bond acceptors (Lipinski definition) is 2. The molecule has 0 saturated carbocycles. The molecule has 1 amide bonds. The van der Waals surface area contributed by atoms with E-state index in [2.05, 4.69) is 5.32 Å². The number of carboxylic acids is 1. The molecule has 0 heterocycles. The van der Waals surface area contributed by atoms with Gasteiger partial charge >= 0.3 is 12.1 Å². The van der Waals surface area contributed by atoms with Crippen molar-refractivity contribution in [2.24, 2.45) is 23.7 Å². The molecule has 0 spiro atoms. The van der Waals surface area contributed by atoms with Crippen LogP contribution >= 0.6 is 0 Å². The van der Waals surface area contributed by atoms with Crippen LogP contribution in [0.15, 0.2) is 42.0 Å². The average Bonchev–Trinajstić information content (AvgIpc) is 2.70. The lowest BCUT2D eigenvalue weighted by Gasteiger charge is -2.31. The molecule has 0 bridgehead atoms. The minimum atomic E-state index is -4.60. The number of hydrogen-bond donors (Lipinski definition) is 2. The number of nitrogens with one attached hydrogen (secondary N) is 1. The second-order valence-corrected chi connectivity index (χ2v) is 7.99. The number of halogens is 4. The third-order valence-electron chi connectivity index (χ3n) is 5.69. The predicted octanol–water partition coefficient (Wildman–Crippen LogP) is 5.75. The molecule has 0 radical (unpaired) electrons. The van der Waals surface area contributed by atoms with Crippen LogP contribution in [-0.2, 0) is 16.0 Å². The zero-order chi connectivity index (χ0) is 23.3. The van der Waals surface area contributed by atoms with Crippen LogP contribution in [0.3, 0.4) is 0 Å². The first-order valence-corrected chi connectivity index (χ1v) is 10.2. The number of anilines is 1. The highest BCUT2D eigenvalue weighted by atomic mass is 19.4. The Hall–Kier alpha value is -2.64. The van der Waals surface area contributed by atoms with Crippen molar-refractivity contribution in [1.82, 2.24) is 0 Å². The second-order valence-electron chi connectivity index (χ2n) is 7.99. The minimum Gasteiger partial charge on any atom is -0.481 e. The van der Waals surface area contributed by atoms with E-state index in [1.165, 1.54) is 19.1 Å². The molecule has 2 rings (SSSR count). The largest absolute Gasteiger partial charge is 0.481 e. The third-order valence-corrected chi connectivity index (χ3v) is 5.69. The quantitative estimate of drug-likeness (QED) is 0.505. The molecule has 0 saturated heterocycles. The first-order valence-electron chi connectivity index (χ1n) is 10.2. The van der Waals surface area contributed by atoms with Crippen LogP contribution < -0.4 is 5.32 Å². The number of carboxylic acid groups (broad SMARTS) is 1. The third kappa shape index (κ3) is 6.42. The van der Waals surface area contributed by atoms with Gasteiger partial charge in [0.25, 0.3) is 0 Å². The average molecular weight is 441 g/mol. The summed E-state index contributed by atoms with van der Waals surface area (Å²) in [5, 5.41) is 11.4. The Bertz CT molecular complexity index is 876. The van der Waals surface area contributed by atoms with Crippen molar-refractivity contribution in [3.8, 4) is 0 Å². The Labute approximate surface area is 179 Å². The lowest BCUT2D eigenvalue weighted by molar-refractivity contribution is -0.188. The standard InChI is InChI=1S/C23H27F4NO3/c1-4-15-5-8-17(9-6-15)20(14(3)23(25,26)27)21(29)28-19-12-16(7-10-18(19)24)11-13(2)22(30)31/h5-8,10,12-14,17,20H,4,9,11H2,1-3H3,(H,28,29)(H,30,31)/t13-,14-,17?,20+/m1/s1. The van der Waals surface area contributed by atoms with Crippen molar-refractivity contribution in [3.63, 3.8) is 0 Å². The zero-order valence-electron chi connectivity index (χ0n) is 17.7. The fourth-order valence-electron chi connectivity index (χ4n) is 3.66. The van der Waals surface area contributed by atoms with Gasteiger partial charge < -0.3 is 10.4 Å². The molecular formula is C23H27F4NO3. The number of benzene rings is 1. The first-order chi connectivity index (χ1) is 14.4. The van der Waals surface area contributed by atoms with Gasteiger partial charge in [-0.05, 0) is 42.9 Å². The van der Waals surface area contributed by atoms with Gasteiger partial charge in [0.05, 0.1) is 23.4 Å². The molecule has 1 aliphatic rings. The fourth-order valence-corrected chi connectivity index (χ4v) is 3.66. The van der Waals surface area contributed by atoms with E-state index in [-0.39, 0.29) is 18.5 Å². The maximum Gasteiger partial charge on any atom is 0.392 e. The highest BCUT2D eigenvalue weighted by Gasteiger charge is 2.46. The van der Waals surface area contributed by atoms with E-state index in [1.807, 2.05) is 13.0 Å². The molecule has 2 N–H and O–H groups in total. The molecular weight excluding hydrogens is 414 g/mol. The van der Waals surface area contributed by atoms with Gasteiger partial charge in [0, 0.05) is 0 Å². The highest BCUT2D eigenvalue weighted by molar-refractivity contribution is 5.93. The summed E-state index contributed by atoms with van der Waals surface area (Å²) in [6.07, 6.45) is 1.69. The van der Waals surface area contributed by atoms with Gasteiger partial charge in [-0.25, -0.2) is 4.39 Å². The van der Waals surface area contributed by atoms with Crippen LogP contribution in [0.2, 0.25) is 0 Å². The molecule has 8 heteroatoms. The summed E-state index contributed by atoms with van der Waals surface area (Å²) in [4.78, 5) is 24.0. The van der Waals surface area contributed by atoms with Crippen molar-refractivity contribution in [1.29, 1.82) is 0 Å². The molecule has 170 valence electrons. The summed E-state index contributed by atoms with van der Waals surface area (Å²) in [6.45, 7) is 4.37. The van der Waals surface area contributed by atoms with Crippen molar-refractivity contribution in [2.45, 2.75) is 46.2 Å². The summed E-state index contributed by atoms with van der Waals surface area (Å²) in [6, 6.07) is 3.73. The van der Waals surface area contributed by atoms with Gasteiger partial charge in [-0.2, -0.15) is 13.2 Å². The second kappa shape index (κ2) is 10.1. The van der Waals surface area contributed by atoms with Crippen LogP contribution in [0.4, 0.5) is 23.2 Å². The fraction of sp³-hybridized carbons (Fsp3) is 0.478. The van der Waals surface area contributed by atoms with Gasteiger partial charge in [0.15, 0.2) is 0 Å². The van der Waals surface area contributed by atoms with Crippen molar-refractivity contribution >= 4 is 17.6 Å². The Balaban J connectivity index is 2.28. The Morgan fingerprint density at radius 3 is 2.45 bits per heavy atom. The molecule has 1 aliphatic carbocycles. The maximum absolute atomic E-state index is 14.3. The van der Waals surface area contributed by atoms with E-state index in [4.69, 9.17) is 5.11 Å². The summed E-state index contributed by atoms with van der Waals surface area (Å²) in [5.41, 5.74) is 1.19. The number of carbonyl (C=O) groups excluding carboxylic acids is 1. The Morgan fingerprint density at radius 2 is 1.94 bits per heavy atom. The van der Waals surface area contributed by atoms with E-state index >= 15 is 0 Å². The van der Waals surface area contributed by atoms with Crippen LogP contribution in [-0.4, -0.2) is 23.2 Å². The van der Waals surface area contributed by atoms with Gasteiger partial charge in [-0.3, -0.25) is 9.59 Å². The number of allylic oxidation sites excluding steroid dienone is 4. The van der Waals surface area contributed by atoms with E-state index in [0.29, 0.717) is 5.56 Å². The molecule has 0 fully saturated rings. The molecule has 0 aliphatic heterocycles. The molecule has 1 aromatic rings. The molecule has 0 aromatic heterocycles. The van der Waals surface area contributed by atoms with E-state index in [9.17, 15) is 27.2 Å². The lowest BCUT2D eigenvalue weighted by atomic mass is 9.77. The van der Waals surface area contributed by atoms with Gasteiger partial charge in [0.1, 0.15) is 5.82 Å². The zero-order valence-corrected chi connectivity index (χ0v) is 17.7. The Morgan fingerprint density at radius 1 is 1.26 bits per heavy atom. The number of rotatable bonds is 8. The van der Waals surface area contributed by atoms with Crippen LogP contribution in [0.25, 0.3) is 0 Å². The molecule has 1 aromatic carbocycles. The number of amides is 1. The molecule has 4 atom stereocenters. The normalized spacial score (nSPS) is 19.3. The van der Waals surface area contributed by atoms with Gasteiger partial charge in [0.2, 0.25) is 5.91 Å². The highest BCUT2D eigenvalue weighted by Crippen LogP contribution is 2.39. The maximum atomic E-state index is 14.3. The van der Waals surface area contributed by atoms with Crippen LogP contribution in [0.5, 0.6) is 0 Å².